The molecule has 0 aromatic rings. The predicted molar refractivity (Wildman–Crippen MR) is 32.8 cm³/mol. The van der Waals surface area contributed by atoms with E-state index in [9.17, 15) is 14.4 Å². The maximum Gasteiger partial charge on any atom is 0.330 e. The van der Waals surface area contributed by atoms with Gasteiger partial charge in [-0.15, -0.1) is 0 Å². The van der Waals surface area contributed by atoms with Crippen LogP contribution in [0.1, 0.15) is 6.92 Å². The molecule has 0 radical (unpaired) electrons. The zero-order chi connectivity index (χ0) is 8.43. The van der Waals surface area contributed by atoms with Gasteiger partial charge in [0, 0.05) is 19.1 Å². The summed E-state index contributed by atoms with van der Waals surface area (Å²) in [5, 5.41) is 0.405. The number of imide groups is 1. The fourth-order valence-corrected chi connectivity index (χ4v) is 0.605. The van der Waals surface area contributed by atoms with Gasteiger partial charge in [0.25, 0.3) is 11.8 Å². The fourth-order valence-electron chi connectivity index (χ4n) is 0.605. The zero-order valence-corrected chi connectivity index (χ0v) is 5.73. The van der Waals surface area contributed by atoms with Crippen molar-refractivity contribution in [1.29, 1.82) is 0 Å². The molecule has 0 bridgehead atoms. The Hall–Kier alpha value is -1.65. The van der Waals surface area contributed by atoms with Crippen LogP contribution in [0.15, 0.2) is 12.2 Å². The van der Waals surface area contributed by atoms with Gasteiger partial charge in [0.05, 0.1) is 0 Å². The van der Waals surface area contributed by atoms with Crippen molar-refractivity contribution in [1.82, 2.24) is 5.06 Å². The summed E-state index contributed by atoms with van der Waals surface area (Å²) < 4.78 is 0. The molecule has 0 N–H and O–H groups in total. The van der Waals surface area contributed by atoms with E-state index in [-0.39, 0.29) is 0 Å². The highest BCUT2D eigenvalue weighted by atomic mass is 16.7. The molecule has 0 atom stereocenters. The Morgan fingerprint density at radius 3 is 2.18 bits per heavy atom. The molecule has 58 valence electrons. The van der Waals surface area contributed by atoms with Gasteiger partial charge in [-0.3, -0.25) is 9.59 Å². The van der Waals surface area contributed by atoms with E-state index in [2.05, 4.69) is 4.84 Å². The van der Waals surface area contributed by atoms with Crippen LogP contribution in [0.2, 0.25) is 0 Å². The molecule has 0 spiro atoms. The molecular weight excluding hydrogens is 150 g/mol. The maximum atomic E-state index is 10.7. The van der Waals surface area contributed by atoms with E-state index in [0.29, 0.717) is 5.06 Å². The second-order valence-electron chi connectivity index (χ2n) is 1.89. The minimum atomic E-state index is -0.699. The van der Waals surface area contributed by atoms with Gasteiger partial charge in [-0.2, -0.15) is 0 Å². The second-order valence-corrected chi connectivity index (χ2v) is 1.89. The molecule has 0 unspecified atom stereocenters. The lowest BCUT2D eigenvalue weighted by atomic mass is 10.6. The summed E-state index contributed by atoms with van der Waals surface area (Å²) in [7, 11) is 0. The maximum absolute atomic E-state index is 10.7. The highest BCUT2D eigenvalue weighted by Gasteiger charge is 2.26. The zero-order valence-electron chi connectivity index (χ0n) is 5.73. The summed E-state index contributed by atoms with van der Waals surface area (Å²) in [6.07, 6.45) is 2.07. The summed E-state index contributed by atoms with van der Waals surface area (Å²) in [6.45, 7) is 1.11. The number of nitrogens with zero attached hydrogens (tertiary/aromatic N) is 1. The molecule has 1 aliphatic rings. The minimum absolute atomic E-state index is 0.405. The number of hydrogen-bond acceptors (Lipinski definition) is 4. The van der Waals surface area contributed by atoms with Crippen molar-refractivity contribution < 1.29 is 19.2 Å². The molecule has 0 saturated heterocycles. The first-order valence-electron chi connectivity index (χ1n) is 2.86. The first-order chi connectivity index (χ1) is 5.11. The van der Waals surface area contributed by atoms with Crippen LogP contribution in [-0.4, -0.2) is 22.8 Å². The molecule has 5 nitrogen and oxygen atoms in total. The molecule has 5 heteroatoms. The van der Waals surface area contributed by atoms with Gasteiger partial charge in [0.15, 0.2) is 0 Å². The molecule has 0 fully saturated rings. The lowest BCUT2D eigenvalue weighted by Crippen LogP contribution is -2.31. The molecule has 0 aromatic carbocycles. The Bertz CT molecular complexity index is 237. The lowest BCUT2D eigenvalue weighted by Gasteiger charge is -2.09. The number of carbonyl (C=O) groups excluding carboxylic acids is 3. The first-order valence-corrected chi connectivity index (χ1v) is 2.86. The summed E-state index contributed by atoms with van der Waals surface area (Å²) in [5.74, 6) is -1.97. The molecule has 0 aliphatic carbocycles. The third-order valence-corrected chi connectivity index (χ3v) is 0.989. The van der Waals surface area contributed by atoms with Crippen LogP contribution in [0.5, 0.6) is 0 Å². The normalized spacial score (nSPS) is 15.9. The smallest absolute Gasteiger partial charge is 0.330 e. The first kappa shape index (κ1) is 7.46. The van der Waals surface area contributed by atoms with Crippen molar-refractivity contribution in [2.24, 2.45) is 0 Å². The largest absolute Gasteiger partial charge is 0.330 e. The Labute approximate surface area is 62.2 Å². The van der Waals surface area contributed by atoms with Gasteiger partial charge in [0.1, 0.15) is 0 Å². The van der Waals surface area contributed by atoms with Gasteiger partial charge in [-0.25, -0.2) is 4.79 Å². The summed E-state index contributed by atoms with van der Waals surface area (Å²) in [4.78, 5) is 35.9. The Morgan fingerprint density at radius 2 is 1.82 bits per heavy atom. The number of rotatable bonds is 1. The average molecular weight is 155 g/mol. The SMILES string of the molecule is CC(=O)ON1C(=O)C=CC1=O. The van der Waals surface area contributed by atoms with Crippen molar-refractivity contribution in [3.8, 4) is 0 Å². The van der Waals surface area contributed by atoms with Gasteiger partial charge in [0.2, 0.25) is 0 Å². The van der Waals surface area contributed by atoms with Gasteiger partial charge >= 0.3 is 5.97 Å². The van der Waals surface area contributed by atoms with Crippen molar-refractivity contribution in [3.05, 3.63) is 12.2 Å². The van der Waals surface area contributed by atoms with Crippen LogP contribution < -0.4 is 0 Å². The predicted octanol–water partition coefficient (Wildman–Crippen LogP) is -0.611. The molecule has 11 heavy (non-hydrogen) atoms. The van der Waals surface area contributed by atoms with E-state index >= 15 is 0 Å². The van der Waals surface area contributed by atoms with Crippen LogP contribution in [-0.2, 0) is 19.2 Å². The number of carbonyl (C=O) groups is 3. The Balaban J connectivity index is 2.66. The van der Waals surface area contributed by atoms with Crippen LogP contribution in [0.4, 0.5) is 0 Å². The van der Waals surface area contributed by atoms with Crippen molar-refractivity contribution in [2.45, 2.75) is 6.92 Å². The standard InChI is InChI=1S/C6H5NO4/c1-4(8)11-7-5(9)2-3-6(7)10/h2-3H,1H3. The molecule has 0 saturated carbocycles. The van der Waals surface area contributed by atoms with Crippen molar-refractivity contribution in [2.75, 3.05) is 0 Å². The van der Waals surface area contributed by atoms with Crippen LogP contribution in [0.25, 0.3) is 0 Å². The van der Waals surface area contributed by atoms with Crippen LogP contribution in [0.3, 0.4) is 0 Å². The molecule has 1 rings (SSSR count). The van der Waals surface area contributed by atoms with Crippen LogP contribution >= 0.6 is 0 Å². The molecule has 2 amide bonds. The van der Waals surface area contributed by atoms with E-state index in [0.717, 1.165) is 19.1 Å². The summed E-state index contributed by atoms with van der Waals surface area (Å²) >= 11 is 0. The number of hydrogen-bond donors (Lipinski definition) is 0. The third kappa shape index (κ3) is 1.43. The van der Waals surface area contributed by atoms with Gasteiger partial charge < -0.3 is 4.84 Å². The summed E-state index contributed by atoms with van der Waals surface area (Å²) in [5.41, 5.74) is 0. The van der Waals surface area contributed by atoms with E-state index in [4.69, 9.17) is 0 Å². The molecular formula is C6H5NO4. The number of amides is 2. The lowest BCUT2D eigenvalue weighted by molar-refractivity contribution is -0.194. The van der Waals surface area contributed by atoms with E-state index in [1.807, 2.05) is 0 Å². The topological polar surface area (TPSA) is 63.7 Å². The van der Waals surface area contributed by atoms with Gasteiger partial charge in [-0.1, -0.05) is 5.06 Å². The van der Waals surface area contributed by atoms with Crippen molar-refractivity contribution >= 4 is 17.8 Å². The quantitative estimate of drug-likeness (QED) is 0.474. The van der Waals surface area contributed by atoms with E-state index in [1.54, 1.807) is 0 Å². The average Bonchev–Trinajstić information content (AvgIpc) is 2.18. The second kappa shape index (κ2) is 2.53. The van der Waals surface area contributed by atoms with Crippen LogP contribution in [0, 0.1) is 0 Å². The highest BCUT2D eigenvalue weighted by molar-refractivity contribution is 6.12. The summed E-state index contributed by atoms with van der Waals surface area (Å²) in [6, 6.07) is 0. The fraction of sp³-hybridized carbons (Fsp3) is 0.167. The van der Waals surface area contributed by atoms with E-state index < -0.39 is 17.8 Å². The molecule has 0 aromatic heterocycles. The third-order valence-electron chi connectivity index (χ3n) is 0.989. The molecule has 1 aliphatic heterocycles. The number of hydroxylamine groups is 2. The van der Waals surface area contributed by atoms with Crippen molar-refractivity contribution in [3.63, 3.8) is 0 Å². The van der Waals surface area contributed by atoms with Gasteiger partial charge in [-0.05, 0) is 0 Å². The molecule has 1 heterocycles. The van der Waals surface area contributed by atoms with E-state index in [1.165, 1.54) is 0 Å². The Kier molecular flexibility index (Phi) is 1.72. The Morgan fingerprint density at radius 1 is 1.36 bits per heavy atom. The highest BCUT2D eigenvalue weighted by Crippen LogP contribution is 2.03. The monoisotopic (exact) mass is 155 g/mol. The minimum Gasteiger partial charge on any atom is -0.330 e.